The maximum atomic E-state index is 11.8. The molecule has 0 fully saturated rings. The van der Waals surface area contributed by atoms with E-state index in [1.54, 1.807) is 7.11 Å². The molecule has 0 aliphatic carbocycles. The number of Topliss-reactive ketones (excluding diaryl/α,β-unsaturated/α-hetero) is 1. The van der Waals surface area contributed by atoms with Gasteiger partial charge in [-0.2, -0.15) is 0 Å². The van der Waals surface area contributed by atoms with E-state index in [1.165, 1.54) is 0 Å². The second kappa shape index (κ2) is 6.28. The molecule has 0 bridgehead atoms. The summed E-state index contributed by atoms with van der Waals surface area (Å²) in [5.74, 6) is 1.25. The molecule has 0 spiro atoms. The maximum absolute atomic E-state index is 11.8. The Labute approximate surface area is 103 Å². The van der Waals surface area contributed by atoms with E-state index < -0.39 is 0 Å². The van der Waals surface area contributed by atoms with Crippen LogP contribution in [0.15, 0.2) is 24.3 Å². The number of hydrogen-bond acceptors (Lipinski definition) is 3. The highest BCUT2D eigenvalue weighted by Crippen LogP contribution is 2.18. The summed E-state index contributed by atoms with van der Waals surface area (Å²) >= 11 is 0. The van der Waals surface area contributed by atoms with Gasteiger partial charge in [0.2, 0.25) is 0 Å². The zero-order valence-electron chi connectivity index (χ0n) is 11.1. The van der Waals surface area contributed by atoms with Gasteiger partial charge in [-0.25, -0.2) is 0 Å². The number of benzene rings is 1. The van der Waals surface area contributed by atoms with Crippen molar-refractivity contribution < 1.29 is 9.53 Å². The Balaban J connectivity index is 2.63. The first kappa shape index (κ1) is 13.6. The summed E-state index contributed by atoms with van der Waals surface area (Å²) in [4.78, 5) is 13.8. The minimum absolute atomic E-state index is 0.135. The van der Waals surface area contributed by atoms with E-state index in [1.807, 2.05) is 50.1 Å². The van der Waals surface area contributed by atoms with Crippen LogP contribution in [0.25, 0.3) is 0 Å². The second-order valence-corrected chi connectivity index (χ2v) is 4.33. The van der Waals surface area contributed by atoms with Crippen LogP contribution in [0.5, 0.6) is 5.75 Å². The molecule has 1 unspecified atom stereocenters. The number of rotatable bonds is 6. The van der Waals surface area contributed by atoms with Crippen LogP contribution in [0.4, 0.5) is 5.69 Å². The van der Waals surface area contributed by atoms with E-state index in [-0.39, 0.29) is 11.7 Å². The minimum Gasteiger partial charge on any atom is -0.497 e. The van der Waals surface area contributed by atoms with Crippen molar-refractivity contribution in [2.24, 2.45) is 5.92 Å². The van der Waals surface area contributed by atoms with E-state index in [9.17, 15) is 4.79 Å². The fraction of sp³-hybridized carbons (Fsp3) is 0.500. The molecule has 0 saturated carbocycles. The molecular weight excluding hydrogens is 214 g/mol. The third-order valence-corrected chi connectivity index (χ3v) is 3.07. The quantitative estimate of drug-likeness (QED) is 0.759. The Hall–Kier alpha value is -1.51. The summed E-state index contributed by atoms with van der Waals surface area (Å²) in [5.41, 5.74) is 1.03. The van der Waals surface area contributed by atoms with Gasteiger partial charge in [-0.1, -0.05) is 13.8 Å². The van der Waals surface area contributed by atoms with Crippen molar-refractivity contribution in [1.82, 2.24) is 0 Å². The molecule has 0 amide bonds. The summed E-state index contributed by atoms with van der Waals surface area (Å²) < 4.78 is 5.10. The molecule has 3 heteroatoms. The van der Waals surface area contributed by atoms with Gasteiger partial charge in [-0.15, -0.1) is 0 Å². The second-order valence-electron chi connectivity index (χ2n) is 4.33. The average molecular weight is 235 g/mol. The Morgan fingerprint density at radius 1 is 1.35 bits per heavy atom. The van der Waals surface area contributed by atoms with Gasteiger partial charge >= 0.3 is 0 Å². The van der Waals surface area contributed by atoms with E-state index in [0.29, 0.717) is 6.54 Å². The standard InChI is InChI=1S/C14H21NO2/c1-5-11(2)14(16)10-15(3)12-6-8-13(17-4)9-7-12/h6-9,11H,5,10H2,1-4H3. The minimum atomic E-state index is 0.135. The van der Waals surface area contributed by atoms with Gasteiger partial charge in [0, 0.05) is 18.7 Å². The largest absolute Gasteiger partial charge is 0.497 e. The normalized spacial score (nSPS) is 12.0. The number of likely N-dealkylation sites (N-methyl/N-ethyl adjacent to an activating group) is 1. The highest BCUT2D eigenvalue weighted by molar-refractivity contribution is 5.85. The molecule has 94 valence electrons. The van der Waals surface area contributed by atoms with Gasteiger partial charge in [0.25, 0.3) is 0 Å². The van der Waals surface area contributed by atoms with Crippen LogP contribution >= 0.6 is 0 Å². The van der Waals surface area contributed by atoms with E-state index in [4.69, 9.17) is 4.74 Å². The molecule has 1 aromatic carbocycles. The predicted octanol–water partition coefficient (Wildman–Crippen LogP) is 2.75. The topological polar surface area (TPSA) is 29.5 Å². The van der Waals surface area contributed by atoms with Gasteiger partial charge in [0.15, 0.2) is 5.78 Å². The summed E-state index contributed by atoms with van der Waals surface area (Å²) in [6, 6.07) is 7.73. The predicted molar refractivity (Wildman–Crippen MR) is 70.7 cm³/mol. The Kier molecular flexibility index (Phi) is 5.01. The van der Waals surface area contributed by atoms with Crippen molar-refractivity contribution in [3.05, 3.63) is 24.3 Å². The number of methoxy groups -OCH3 is 1. The van der Waals surface area contributed by atoms with Crippen molar-refractivity contribution in [2.45, 2.75) is 20.3 Å². The lowest BCUT2D eigenvalue weighted by Crippen LogP contribution is -2.29. The van der Waals surface area contributed by atoms with Crippen LogP contribution in [-0.2, 0) is 4.79 Å². The molecule has 0 radical (unpaired) electrons. The lowest BCUT2D eigenvalue weighted by Gasteiger charge is -2.20. The Morgan fingerprint density at radius 3 is 2.41 bits per heavy atom. The van der Waals surface area contributed by atoms with Crippen LogP contribution in [0.2, 0.25) is 0 Å². The summed E-state index contributed by atoms with van der Waals surface area (Å²) in [5, 5.41) is 0. The average Bonchev–Trinajstić information content (AvgIpc) is 2.37. The van der Waals surface area contributed by atoms with Gasteiger partial charge in [0.05, 0.1) is 13.7 Å². The molecular formula is C14H21NO2. The van der Waals surface area contributed by atoms with Crippen molar-refractivity contribution in [3.8, 4) is 5.75 Å². The first-order valence-corrected chi connectivity index (χ1v) is 5.96. The maximum Gasteiger partial charge on any atom is 0.154 e. The number of hydrogen-bond donors (Lipinski definition) is 0. The third-order valence-electron chi connectivity index (χ3n) is 3.07. The molecule has 0 aliphatic rings. The first-order valence-electron chi connectivity index (χ1n) is 5.96. The monoisotopic (exact) mass is 235 g/mol. The van der Waals surface area contributed by atoms with Crippen molar-refractivity contribution in [1.29, 1.82) is 0 Å². The molecule has 0 saturated heterocycles. The van der Waals surface area contributed by atoms with Gasteiger partial charge < -0.3 is 9.64 Å². The molecule has 1 atom stereocenters. The lowest BCUT2D eigenvalue weighted by atomic mass is 10.0. The van der Waals surface area contributed by atoms with Gasteiger partial charge in [-0.3, -0.25) is 4.79 Å². The summed E-state index contributed by atoms with van der Waals surface area (Å²) in [6.07, 6.45) is 0.898. The molecule has 1 rings (SSSR count). The van der Waals surface area contributed by atoms with E-state index in [0.717, 1.165) is 17.9 Å². The highest BCUT2D eigenvalue weighted by Gasteiger charge is 2.13. The number of anilines is 1. The fourth-order valence-electron chi connectivity index (χ4n) is 1.55. The van der Waals surface area contributed by atoms with Gasteiger partial charge in [-0.05, 0) is 30.7 Å². The molecule has 0 heterocycles. The summed E-state index contributed by atoms with van der Waals surface area (Å²) in [6.45, 7) is 4.47. The SMILES string of the molecule is CCC(C)C(=O)CN(C)c1ccc(OC)cc1. The van der Waals surface area contributed by atoms with Crippen LogP contribution in [0.3, 0.4) is 0 Å². The molecule has 3 nitrogen and oxygen atoms in total. The van der Waals surface area contributed by atoms with Gasteiger partial charge in [0.1, 0.15) is 5.75 Å². The number of carbonyl (C=O) groups is 1. The summed E-state index contributed by atoms with van der Waals surface area (Å²) in [7, 11) is 3.58. The van der Waals surface area contributed by atoms with Crippen LogP contribution in [0.1, 0.15) is 20.3 Å². The van der Waals surface area contributed by atoms with E-state index in [2.05, 4.69) is 0 Å². The first-order chi connectivity index (χ1) is 8.08. The van der Waals surface area contributed by atoms with Crippen molar-refractivity contribution in [2.75, 3.05) is 25.6 Å². The number of nitrogens with zero attached hydrogens (tertiary/aromatic N) is 1. The molecule has 0 N–H and O–H groups in total. The Morgan fingerprint density at radius 2 is 1.94 bits per heavy atom. The van der Waals surface area contributed by atoms with Crippen LogP contribution in [0, 0.1) is 5.92 Å². The number of carbonyl (C=O) groups excluding carboxylic acids is 1. The lowest BCUT2D eigenvalue weighted by molar-refractivity contribution is -0.121. The van der Waals surface area contributed by atoms with Crippen LogP contribution < -0.4 is 9.64 Å². The highest BCUT2D eigenvalue weighted by atomic mass is 16.5. The smallest absolute Gasteiger partial charge is 0.154 e. The van der Waals surface area contributed by atoms with Crippen LogP contribution in [-0.4, -0.2) is 26.5 Å². The molecule has 17 heavy (non-hydrogen) atoms. The third kappa shape index (κ3) is 3.77. The fourth-order valence-corrected chi connectivity index (χ4v) is 1.55. The number of ketones is 1. The molecule has 1 aromatic rings. The Bertz CT molecular complexity index is 359. The molecule has 0 aliphatic heterocycles. The zero-order chi connectivity index (χ0) is 12.8. The molecule has 0 aromatic heterocycles. The van der Waals surface area contributed by atoms with Crippen molar-refractivity contribution in [3.63, 3.8) is 0 Å². The van der Waals surface area contributed by atoms with Crippen molar-refractivity contribution >= 4 is 11.5 Å². The number of ether oxygens (including phenoxy) is 1. The zero-order valence-corrected chi connectivity index (χ0v) is 11.1. The van der Waals surface area contributed by atoms with E-state index >= 15 is 0 Å².